The van der Waals surface area contributed by atoms with Gasteiger partial charge in [0.2, 0.25) is 0 Å². The fraction of sp³-hybridized carbons (Fsp3) is 0.0500. The number of ether oxygens (including phenoxy) is 1. The number of aromatic carboxylic acids is 1. The van der Waals surface area contributed by atoms with Gasteiger partial charge in [-0.05, 0) is 35.4 Å². The van der Waals surface area contributed by atoms with Crippen molar-refractivity contribution in [2.75, 3.05) is 0 Å². The van der Waals surface area contributed by atoms with Gasteiger partial charge in [0.25, 0.3) is 0 Å². The van der Waals surface area contributed by atoms with Crippen molar-refractivity contribution in [2.24, 2.45) is 0 Å². The maximum absolute atomic E-state index is 10.2. The molecule has 1 aliphatic heterocycles. The highest BCUT2D eigenvalue weighted by Gasteiger charge is 2.14. The molecule has 1 heterocycles. The highest BCUT2D eigenvalue weighted by Crippen LogP contribution is 2.35. The number of benzene rings is 3. The predicted octanol–water partition coefficient (Wildman–Crippen LogP) is 4.77. The van der Waals surface area contributed by atoms with Crippen LogP contribution in [0.1, 0.15) is 21.5 Å². The van der Waals surface area contributed by atoms with Crippen molar-refractivity contribution in [3.8, 4) is 11.5 Å². The van der Waals surface area contributed by atoms with Crippen LogP contribution in [0.25, 0.3) is 0 Å². The second-order valence-electron chi connectivity index (χ2n) is 5.17. The van der Waals surface area contributed by atoms with E-state index in [1.807, 2.05) is 24.3 Å². The Balaban J connectivity index is 0.000000151. The SMILES string of the molecule is O=C(O)c1ccccc1.c1ccc2c(c1)Cc1ccccc1O2. The van der Waals surface area contributed by atoms with E-state index in [0.717, 1.165) is 17.9 Å². The highest BCUT2D eigenvalue weighted by atomic mass is 16.5. The minimum atomic E-state index is -0.879. The molecule has 1 aliphatic rings. The van der Waals surface area contributed by atoms with Crippen LogP contribution in [0.3, 0.4) is 0 Å². The van der Waals surface area contributed by atoms with Gasteiger partial charge in [0, 0.05) is 6.42 Å². The van der Waals surface area contributed by atoms with Gasteiger partial charge in [-0.15, -0.1) is 0 Å². The Hall–Kier alpha value is -3.07. The third-order valence-corrected chi connectivity index (χ3v) is 3.57. The summed E-state index contributed by atoms with van der Waals surface area (Å²) in [7, 11) is 0. The zero-order valence-corrected chi connectivity index (χ0v) is 12.5. The smallest absolute Gasteiger partial charge is 0.335 e. The van der Waals surface area contributed by atoms with Crippen molar-refractivity contribution >= 4 is 5.97 Å². The number of hydrogen-bond donors (Lipinski definition) is 1. The lowest BCUT2D eigenvalue weighted by molar-refractivity contribution is 0.0697. The van der Waals surface area contributed by atoms with Gasteiger partial charge in [-0.25, -0.2) is 4.79 Å². The summed E-state index contributed by atoms with van der Waals surface area (Å²) in [6, 6.07) is 24.7. The molecule has 3 nitrogen and oxygen atoms in total. The quantitative estimate of drug-likeness (QED) is 0.551. The molecule has 0 atom stereocenters. The molecule has 0 aliphatic carbocycles. The molecule has 0 unspecified atom stereocenters. The Morgan fingerprint density at radius 3 is 1.70 bits per heavy atom. The molecule has 114 valence electrons. The van der Waals surface area contributed by atoms with Crippen LogP contribution in [0, 0.1) is 0 Å². The van der Waals surface area contributed by atoms with E-state index in [2.05, 4.69) is 24.3 Å². The summed E-state index contributed by atoms with van der Waals surface area (Å²) >= 11 is 0. The molecule has 23 heavy (non-hydrogen) atoms. The zero-order chi connectivity index (χ0) is 16.1. The van der Waals surface area contributed by atoms with Crippen molar-refractivity contribution in [2.45, 2.75) is 6.42 Å². The summed E-state index contributed by atoms with van der Waals surface area (Å²) in [5, 5.41) is 8.38. The second-order valence-corrected chi connectivity index (χ2v) is 5.17. The highest BCUT2D eigenvalue weighted by molar-refractivity contribution is 5.87. The molecule has 0 saturated heterocycles. The van der Waals surface area contributed by atoms with Crippen molar-refractivity contribution in [1.29, 1.82) is 0 Å². The monoisotopic (exact) mass is 304 g/mol. The molecule has 3 aromatic rings. The van der Waals surface area contributed by atoms with Gasteiger partial charge < -0.3 is 9.84 Å². The van der Waals surface area contributed by atoms with Gasteiger partial charge in [-0.1, -0.05) is 54.6 Å². The van der Waals surface area contributed by atoms with Gasteiger partial charge >= 0.3 is 5.97 Å². The largest absolute Gasteiger partial charge is 0.478 e. The molecule has 1 N–H and O–H groups in total. The van der Waals surface area contributed by atoms with Gasteiger partial charge in [0.1, 0.15) is 11.5 Å². The molecule has 0 aromatic heterocycles. The lowest BCUT2D eigenvalue weighted by atomic mass is 10.0. The first-order chi connectivity index (χ1) is 11.2. The van der Waals surface area contributed by atoms with Crippen LogP contribution in [0.5, 0.6) is 11.5 Å². The number of carboxylic acids is 1. The maximum Gasteiger partial charge on any atom is 0.335 e. The molecule has 3 heteroatoms. The number of carboxylic acid groups (broad SMARTS) is 1. The number of carbonyl (C=O) groups is 1. The summed E-state index contributed by atoms with van der Waals surface area (Å²) in [5.41, 5.74) is 2.87. The average Bonchev–Trinajstić information content (AvgIpc) is 2.61. The molecule has 0 bridgehead atoms. The Bertz CT molecular complexity index is 722. The number of para-hydroxylation sites is 2. The average molecular weight is 304 g/mol. The normalized spacial score (nSPS) is 11.1. The van der Waals surface area contributed by atoms with E-state index in [9.17, 15) is 4.79 Å². The van der Waals surface area contributed by atoms with E-state index in [-0.39, 0.29) is 0 Å². The fourth-order valence-corrected chi connectivity index (χ4v) is 2.40. The maximum atomic E-state index is 10.2. The Kier molecular flexibility index (Phi) is 4.39. The molecule has 0 radical (unpaired) electrons. The third kappa shape index (κ3) is 3.58. The van der Waals surface area contributed by atoms with Crippen LogP contribution in [0.4, 0.5) is 0 Å². The van der Waals surface area contributed by atoms with Crippen molar-refractivity contribution in [1.82, 2.24) is 0 Å². The lowest BCUT2D eigenvalue weighted by Crippen LogP contribution is -2.01. The van der Waals surface area contributed by atoms with E-state index in [1.165, 1.54) is 11.1 Å². The lowest BCUT2D eigenvalue weighted by Gasteiger charge is -2.19. The number of hydrogen-bond acceptors (Lipinski definition) is 2. The topological polar surface area (TPSA) is 46.5 Å². The molecule has 0 saturated carbocycles. The van der Waals surface area contributed by atoms with E-state index >= 15 is 0 Å². The second kappa shape index (κ2) is 6.79. The molecular weight excluding hydrogens is 288 g/mol. The fourth-order valence-electron chi connectivity index (χ4n) is 2.40. The van der Waals surface area contributed by atoms with E-state index in [0.29, 0.717) is 5.56 Å². The van der Waals surface area contributed by atoms with Gasteiger partial charge in [0.15, 0.2) is 0 Å². The third-order valence-electron chi connectivity index (χ3n) is 3.57. The molecule has 4 rings (SSSR count). The van der Waals surface area contributed by atoms with Crippen LogP contribution in [0.15, 0.2) is 78.9 Å². The summed E-state index contributed by atoms with van der Waals surface area (Å²) in [6.45, 7) is 0. The van der Waals surface area contributed by atoms with Crippen molar-refractivity contribution in [3.63, 3.8) is 0 Å². The summed E-state index contributed by atoms with van der Waals surface area (Å²) in [6.07, 6.45) is 0.979. The van der Waals surface area contributed by atoms with Gasteiger partial charge in [-0.2, -0.15) is 0 Å². The summed E-state index contributed by atoms with van der Waals surface area (Å²) in [5.74, 6) is 1.10. The zero-order valence-electron chi connectivity index (χ0n) is 12.5. The Labute approximate surface area is 134 Å². The molecule has 0 spiro atoms. The predicted molar refractivity (Wildman–Crippen MR) is 89.2 cm³/mol. The van der Waals surface area contributed by atoms with Gasteiger partial charge in [0.05, 0.1) is 5.56 Å². The van der Waals surface area contributed by atoms with Crippen LogP contribution in [0.2, 0.25) is 0 Å². The van der Waals surface area contributed by atoms with Crippen LogP contribution < -0.4 is 4.74 Å². The number of fused-ring (bicyclic) bond motifs is 2. The first-order valence-corrected chi connectivity index (χ1v) is 7.36. The van der Waals surface area contributed by atoms with E-state index in [1.54, 1.807) is 30.3 Å². The molecule has 0 fully saturated rings. The van der Waals surface area contributed by atoms with Crippen molar-refractivity contribution < 1.29 is 14.6 Å². The molecular formula is C20H16O3. The first kappa shape index (κ1) is 14.9. The summed E-state index contributed by atoms with van der Waals surface area (Å²) in [4.78, 5) is 10.2. The van der Waals surface area contributed by atoms with Crippen LogP contribution in [-0.2, 0) is 6.42 Å². The molecule has 3 aromatic carbocycles. The van der Waals surface area contributed by atoms with E-state index in [4.69, 9.17) is 9.84 Å². The van der Waals surface area contributed by atoms with Crippen molar-refractivity contribution in [3.05, 3.63) is 95.6 Å². The Morgan fingerprint density at radius 1 is 0.739 bits per heavy atom. The molecule has 0 amide bonds. The van der Waals surface area contributed by atoms with Crippen LogP contribution in [-0.4, -0.2) is 11.1 Å². The number of rotatable bonds is 1. The van der Waals surface area contributed by atoms with Crippen LogP contribution >= 0.6 is 0 Å². The summed E-state index contributed by atoms with van der Waals surface area (Å²) < 4.78 is 5.78. The first-order valence-electron chi connectivity index (χ1n) is 7.36. The minimum Gasteiger partial charge on any atom is -0.478 e. The Morgan fingerprint density at radius 2 is 1.22 bits per heavy atom. The van der Waals surface area contributed by atoms with Gasteiger partial charge in [-0.3, -0.25) is 0 Å². The standard InChI is InChI=1S/C13H10O.C7H6O2/c1-3-7-12-10(5-1)9-11-6-2-4-8-13(11)14-12;8-7(9)6-4-2-1-3-5-6/h1-8H,9H2;1-5H,(H,8,9). The van der Waals surface area contributed by atoms with E-state index < -0.39 is 5.97 Å². The minimum absolute atomic E-state index is 0.331.